The third-order valence-electron chi connectivity index (χ3n) is 5.18. The molecule has 0 unspecified atom stereocenters. The van der Waals surface area contributed by atoms with Crippen molar-refractivity contribution in [2.45, 2.75) is 33.1 Å². The molecule has 0 atom stereocenters. The molecule has 0 saturated heterocycles. The van der Waals surface area contributed by atoms with Crippen LogP contribution in [0.5, 0.6) is 5.75 Å². The number of aromatic hydroxyl groups is 1. The highest BCUT2D eigenvalue weighted by Crippen LogP contribution is 2.33. The van der Waals surface area contributed by atoms with E-state index in [0.29, 0.717) is 11.4 Å². The maximum Gasteiger partial charge on any atom is 0.336 e. The standard InChI is InChI=1S/C24H25BrN4O4/c1-13(26-27-22(31)15-8-11-17(23(32)33)18(25)12-15)19-21(30)20(29(5)28-19)14-6-9-16(10-7-14)24(2,3)4/h6-12,30H,1-5H3,(H,27,31)(H,32,33). The predicted octanol–water partition coefficient (Wildman–Crippen LogP) is 4.70. The van der Waals surface area contributed by atoms with Crippen molar-refractivity contribution < 1.29 is 19.8 Å². The number of hydrogen-bond donors (Lipinski definition) is 3. The van der Waals surface area contributed by atoms with Gasteiger partial charge in [-0.25, -0.2) is 10.2 Å². The number of hydrogen-bond acceptors (Lipinski definition) is 5. The van der Waals surface area contributed by atoms with Crippen LogP contribution in [0.25, 0.3) is 11.3 Å². The summed E-state index contributed by atoms with van der Waals surface area (Å²) in [6.45, 7) is 8.03. The number of carboxylic acids is 1. The van der Waals surface area contributed by atoms with E-state index in [1.807, 2.05) is 24.3 Å². The number of benzene rings is 2. The fourth-order valence-electron chi connectivity index (χ4n) is 3.29. The van der Waals surface area contributed by atoms with Crippen LogP contribution in [0.4, 0.5) is 0 Å². The van der Waals surface area contributed by atoms with Crippen LogP contribution in [0.2, 0.25) is 0 Å². The van der Waals surface area contributed by atoms with Crippen LogP contribution in [0.1, 0.15) is 59.7 Å². The van der Waals surface area contributed by atoms with Crippen LogP contribution in [-0.2, 0) is 12.5 Å². The number of aromatic carboxylic acids is 1. The van der Waals surface area contributed by atoms with Crippen molar-refractivity contribution in [2.75, 3.05) is 0 Å². The maximum atomic E-state index is 12.4. The average Bonchev–Trinajstić information content (AvgIpc) is 3.04. The van der Waals surface area contributed by atoms with E-state index in [9.17, 15) is 14.7 Å². The van der Waals surface area contributed by atoms with Gasteiger partial charge in [0.1, 0.15) is 5.69 Å². The topological polar surface area (TPSA) is 117 Å². The summed E-state index contributed by atoms with van der Waals surface area (Å²) in [4.78, 5) is 23.5. The number of rotatable bonds is 5. The van der Waals surface area contributed by atoms with Crippen LogP contribution < -0.4 is 5.43 Å². The van der Waals surface area contributed by atoms with Crippen LogP contribution in [0.15, 0.2) is 52.0 Å². The Hall–Kier alpha value is -3.46. The highest BCUT2D eigenvalue weighted by molar-refractivity contribution is 9.10. The van der Waals surface area contributed by atoms with Crippen LogP contribution >= 0.6 is 15.9 Å². The fourth-order valence-corrected chi connectivity index (χ4v) is 3.84. The fraction of sp³-hybridized carbons (Fsp3) is 0.250. The molecule has 0 radical (unpaired) electrons. The lowest BCUT2D eigenvalue weighted by Crippen LogP contribution is -2.19. The van der Waals surface area contributed by atoms with E-state index in [0.717, 1.165) is 5.56 Å². The molecule has 3 aromatic rings. The van der Waals surface area contributed by atoms with Crippen molar-refractivity contribution in [1.82, 2.24) is 15.2 Å². The van der Waals surface area contributed by atoms with E-state index in [1.165, 1.54) is 23.8 Å². The molecule has 1 amide bonds. The van der Waals surface area contributed by atoms with Crippen molar-refractivity contribution in [3.63, 3.8) is 0 Å². The van der Waals surface area contributed by atoms with Gasteiger partial charge in [-0.1, -0.05) is 45.0 Å². The summed E-state index contributed by atoms with van der Waals surface area (Å²) in [6.07, 6.45) is 0. The Morgan fingerprint density at radius 3 is 2.30 bits per heavy atom. The van der Waals surface area contributed by atoms with E-state index >= 15 is 0 Å². The molecule has 0 spiro atoms. The average molecular weight is 513 g/mol. The first-order chi connectivity index (χ1) is 15.4. The molecule has 0 bridgehead atoms. The summed E-state index contributed by atoms with van der Waals surface area (Å²) in [6, 6.07) is 12.1. The van der Waals surface area contributed by atoms with Crippen LogP contribution in [-0.4, -0.2) is 37.6 Å². The minimum Gasteiger partial charge on any atom is -0.504 e. The number of nitrogens with one attached hydrogen (secondary N) is 1. The minimum absolute atomic E-state index is 0.0170. The summed E-state index contributed by atoms with van der Waals surface area (Å²) in [5.41, 5.74) is 5.80. The SMILES string of the molecule is CC(=NNC(=O)c1ccc(C(=O)O)c(Br)c1)c1nn(C)c(-c2ccc(C(C)(C)C)cc2)c1O. The summed E-state index contributed by atoms with van der Waals surface area (Å²) < 4.78 is 1.85. The third-order valence-corrected chi connectivity index (χ3v) is 5.83. The van der Waals surface area contributed by atoms with Gasteiger partial charge < -0.3 is 10.2 Å². The van der Waals surface area contributed by atoms with Crippen molar-refractivity contribution in [3.05, 3.63) is 69.3 Å². The zero-order valence-electron chi connectivity index (χ0n) is 19.0. The van der Waals surface area contributed by atoms with Gasteiger partial charge in [0.05, 0.1) is 11.3 Å². The number of aryl methyl sites for hydroxylation is 1. The van der Waals surface area contributed by atoms with Gasteiger partial charge in [-0.2, -0.15) is 10.2 Å². The van der Waals surface area contributed by atoms with Gasteiger partial charge >= 0.3 is 5.97 Å². The van der Waals surface area contributed by atoms with Gasteiger partial charge in [-0.15, -0.1) is 0 Å². The Morgan fingerprint density at radius 2 is 1.76 bits per heavy atom. The van der Waals surface area contributed by atoms with Crippen molar-refractivity contribution in [3.8, 4) is 17.0 Å². The van der Waals surface area contributed by atoms with E-state index in [1.54, 1.807) is 18.7 Å². The van der Waals surface area contributed by atoms with Crippen molar-refractivity contribution in [2.24, 2.45) is 12.1 Å². The molecule has 8 nitrogen and oxygen atoms in total. The summed E-state index contributed by atoms with van der Waals surface area (Å²) in [5.74, 6) is -1.66. The Balaban J connectivity index is 1.83. The number of aromatic nitrogens is 2. The first-order valence-corrected chi connectivity index (χ1v) is 10.9. The molecule has 1 heterocycles. The number of carbonyl (C=O) groups excluding carboxylic acids is 1. The molecule has 33 heavy (non-hydrogen) atoms. The van der Waals surface area contributed by atoms with Gasteiger partial charge in [0, 0.05) is 22.6 Å². The number of hydrazone groups is 1. The molecule has 172 valence electrons. The highest BCUT2D eigenvalue weighted by atomic mass is 79.9. The normalized spacial score (nSPS) is 12.0. The highest BCUT2D eigenvalue weighted by Gasteiger charge is 2.21. The molecule has 3 rings (SSSR count). The van der Waals surface area contributed by atoms with Gasteiger partial charge in [0.25, 0.3) is 5.91 Å². The summed E-state index contributed by atoms with van der Waals surface area (Å²) in [5, 5.41) is 28.3. The largest absolute Gasteiger partial charge is 0.504 e. The lowest BCUT2D eigenvalue weighted by molar-refractivity contribution is 0.0695. The predicted molar refractivity (Wildman–Crippen MR) is 130 cm³/mol. The van der Waals surface area contributed by atoms with Crippen molar-refractivity contribution >= 4 is 33.5 Å². The van der Waals surface area contributed by atoms with Crippen LogP contribution in [0, 0.1) is 0 Å². The van der Waals surface area contributed by atoms with E-state index in [4.69, 9.17) is 5.11 Å². The number of amides is 1. The molecule has 9 heteroatoms. The summed E-state index contributed by atoms with van der Waals surface area (Å²) >= 11 is 3.15. The molecule has 0 aliphatic carbocycles. The number of halogens is 1. The van der Waals surface area contributed by atoms with Crippen LogP contribution in [0.3, 0.4) is 0 Å². The monoisotopic (exact) mass is 512 g/mol. The van der Waals surface area contributed by atoms with Gasteiger partial charge in [-0.05, 0) is 52.0 Å². The molecular formula is C24H25BrN4O4. The second-order valence-corrected chi connectivity index (χ2v) is 9.49. The first kappa shape index (κ1) is 24.2. The quantitative estimate of drug-likeness (QED) is 0.338. The van der Waals surface area contributed by atoms with E-state index in [2.05, 4.69) is 52.3 Å². The number of carboxylic acid groups (broad SMARTS) is 1. The third kappa shape index (κ3) is 5.14. The maximum absolute atomic E-state index is 12.4. The zero-order chi connectivity index (χ0) is 24.5. The second kappa shape index (κ2) is 9.19. The molecule has 0 aliphatic rings. The minimum atomic E-state index is -1.10. The molecule has 0 fully saturated rings. The lowest BCUT2D eigenvalue weighted by Gasteiger charge is -2.19. The Morgan fingerprint density at radius 1 is 1.12 bits per heavy atom. The number of nitrogens with zero attached hydrogens (tertiary/aromatic N) is 3. The van der Waals surface area contributed by atoms with Gasteiger partial charge in [0.15, 0.2) is 11.4 Å². The Labute approximate surface area is 200 Å². The molecular weight excluding hydrogens is 488 g/mol. The lowest BCUT2D eigenvalue weighted by atomic mass is 9.86. The van der Waals surface area contributed by atoms with Gasteiger partial charge in [0.2, 0.25) is 0 Å². The van der Waals surface area contributed by atoms with E-state index in [-0.39, 0.29) is 32.5 Å². The van der Waals surface area contributed by atoms with Crippen molar-refractivity contribution in [1.29, 1.82) is 0 Å². The molecule has 2 aromatic carbocycles. The molecule has 0 saturated carbocycles. The molecule has 3 N–H and O–H groups in total. The Kier molecular flexibility index (Phi) is 6.73. The molecule has 0 aliphatic heterocycles. The number of carbonyl (C=O) groups is 2. The zero-order valence-corrected chi connectivity index (χ0v) is 20.6. The smallest absolute Gasteiger partial charge is 0.336 e. The first-order valence-electron chi connectivity index (χ1n) is 10.1. The van der Waals surface area contributed by atoms with Gasteiger partial charge in [-0.3, -0.25) is 9.48 Å². The summed E-state index contributed by atoms with van der Waals surface area (Å²) in [7, 11) is 1.73. The molecule has 1 aromatic heterocycles. The Bertz CT molecular complexity index is 1250. The van der Waals surface area contributed by atoms with E-state index < -0.39 is 11.9 Å². The second-order valence-electron chi connectivity index (χ2n) is 8.63.